The normalized spacial score (nSPS) is 14.7. The van der Waals surface area contributed by atoms with Gasteiger partial charge >= 0.3 is 0 Å². The largest absolute Gasteiger partial charge is 0.393 e. The van der Waals surface area contributed by atoms with Crippen LogP contribution < -0.4 is 0 Å². The molecule has 0 aromatic carbocycles. The van der Waals surface area contributed by atoms with Gasteiger partial charge in [-0.25, -0.2) is 0 Å². The molecule has 0 aliphatic heterocycles. The van der Waals surface area contributed by atoms with Crippen LogP contribution in [0.25, 0.3) is 0 Å². The van der Waals surface area contributed by atoms with Crippen LogP contribution in [-0.2, 0) is 0 Å². The van der Waals surface area contributed by atoms with Gasteiger partial charge in [-0.15, -0.1) is 26.3 Å². The summed E-state index contributed by atoms with van der Waals surface area (Å²) in [6.45, 7) is 21.0. The number of aliphatic hydroxyl groups is 5. The monoisotopic (exact) mass is 388 g/mol. The van der Waals surface area contributed by atoms with Crippen molar-refractivity contribution < 1.29 is 25.5 Å². The average Bonchev–Trinajstić information content (AvgIpc) is 2.67. The Labute approximate surface area is 167 Å². The first kappa shape index (κ1) is 33.4. The fraction of sp³-hybridized carbons (Fsp3) is 0.636. The molecule has 0 bridgehead atoms. The number of hydrogen-bond donors (Lipinski definition) is 5. The fourth-order valence-electron chi connectivity index (χ4n) is 1.19. The van der Waals surface area contributed by atoms with E-state index in [2.05, 4.69) is 26.3 Å². The van der Waals surface area contributed by atoms with Crippen LogP contribution in [0.1, 0.15) is 59.8 Å². The summed E-state index contributed by atoms with van der Waals surface area (Å²) in [5.41, 5.74) is 0. The summed E-state index contributed by atoms with van der Waals surface area (Å²) in [4.78, 5) is 0. The van der Waals surface area contributed by atoms with Gasteiger partial charge in [0.25, 0.3) is 0 Å². The van der Waals surface area contributed by atoms with Gasteiger partial charge in [-0.2, -0.15) is 0 Å². The summed E-state index contributed by atoms with van der Waals surface area (Å²) in [5.74, 6) is 0. The Kier molecular flexibility index (Phi) is 33.3. The van der Waals surface area contributed by atoms with Crippen molar-refractivity contribution in [1.29, 1.82) is 0 Å². The van der Waals surface area contributed by atoms with Crippen LogP contribution in [0.2, 0.25) is 0 Å². The molecule has 0 saturated heterocycles. The van der Waals surface area contributed by atoms with Crippen molar-refractivity contribution in [1.82, 2.24) is 0 Å². The van der Waals surface area contributed by atoms with Crippen LogP contribution in [0.3, 0.4) is 0 Å². The first-order valence-electron chi connectivity index (χ1n) is 9.50. The van der Waals surface area contributed by atoms with E-state index in [0.29, 0.717) is 6.42 Å². The van der Waals surface area contributed by atoms with E-state index in [0.717, 1.165) is 25.7 Å². The standard InChI is InChI=1S/C6H12O2.C6H12O.2C5H10O/c1-3-6(8)4-5(2)7;1-3-5-6(7)4-2;2*1-3-5(6)4-2/h3,5-8H,1,4H2,2H3;4,6-7H,2-3,5H2,1H3;2*3,5-6H,1,4H2,2H3/t5-,6?;;;/m0.../s1. The lowest BCUT2D eigenvalue weighted by Crippen LogP contribution is -2.11. The maximum absolute atomic E-state index is 8.75. The minimum Gasteiger partial charge on any atom is -0.393 e. The highest BCUT2D eigenvalue weighted by Crippen LogP contribution is 1.96. The number of aliphatic hydroxyl groups excluding tert-OH is 5. The van der Waals surface area contributed by atoms with Crippen molar-refractivity contribution in [3.05, 3.63) is 50.6 Å². The molecule has 4 unspecified atom stereocenters. The van der Waals surface area contributed by atoms with Gasteiger partial charge in [-0.1, -0.05) is 51.5 Å². The van der Waals surface area contributed by atoms with Crippen molar-refractivity contribution in [3.8, 4) is 0 Å². The second-order valence-electron chi connectivity index (χ2n) is 5.90. The quantitative estimate of drug-likeness (QED) is 0.369. The highest BCUT2D eigenvalue weighted by atomic mass is 16.3. The van der Waals surface area contributed by atoms with Crippen molar-refractivity contribution in [2.75, 3.05) is 0 Å². The van der Waals surface area contributed by atoms with Crippen molar-refractivity contribution in [2.45, 2.75) is 90.3 Å². The summed E-state index contributed by atoms with van der Waals surface area (Å²) in [7, 11) is 0. The SMILES string of the molecule is C=CC(O)CC.C=CC(O)CC.C=CC(O)CCC.C=CC(O)C[C@H](C)O. The second kappa shape index (κ2) is 27.0. The Morgan fingerprint density at radius 2 is 0.963 bits per heavy atom. The minimum absolute atomic E-state index is 0.287. The van der Waals surface area contributed by atoms with E-state index in [-0.39, 0.29) is 18.3 Å². The smallest absolute Gasteiger partial charge is 0.0742 e. The van der Waals surface area contributed by atoms with Crippen LogP contribution in [0.15, 0.2) is 50.6 Å². The summed E-state index contributed by atoms with van der Waals surface area (Å²) >= 11 is 0. The van der Waals surface area contributed by atoms with Gasteiger partial charge in [0.05, 0.1) is 30.5 Å². The zero-order valence-electron chi connectivity index (χ0n) is 17.8. The lowest BCUT2D eigenvalue weighted by atomic mass is 10.2. The van der Waals surface area contributed by atoms with E-state index in [9.17, 15) is 0 Å². The van der Waals surface area contributed by atoms with Crippen LogP contribution >= 0.6 is 0 Å². The summed E-state index contributed by atoms with van der Waals surface area (Å²) < 4.78 is 0. The molecule has 5 N–H and O–H groups in total. The molecule has 0 aliphatic rings. The molecule has 0 radical (unpaired) electrons. The van der Waals surface area contributed by atoms with Gasteiger partial charge < -0.3 is 25.5 Å². The third kappa shape index (κ3) is 40.7. The molecule has 5 nitrogen and oxygen atoms in total. The lowest BCUT2D eigenvalue weighted by molar-refractivity contribution is 0.116. The topological polar surface area (TPSA) is 101 Å². The van der Waals surface area contributed by atoms with Crippen molar-refractivity contribution in [3.63, 3.8) is 0 Å². The molecule has 0 aromatic heterocycles. The molecule has 5 atom stereocenters. The average molecular weight is 389 g/mol. The first-order valence-corrected chi connectivity index (χ1v) is 9.50. The van der Waals surface area contributed by atoms with Crippen molar-refractivity contribution >= 4 is 0 Å². The summed E-state index contributed by atoms with van der Waals surface area (Å²) in [6.07, 6.45) is 7.90. The molecule has 0 aliphatic carbocycles. The van der Waals surface area contributed by atoms with Gasteiger partial charge in [-0.3, -0.25) is 0 Å². The zero-order chi connectivity index (χ0) is 22.3. The van der Waals surface area contributed by atoms with E-state index >= 15 is 0 Å². The Morgan fingerprint density at radius 1 is 0.630 bits per heavy atom. The highest BCUT2D eigenvalue weighted by molar-refractivity contribution is 4.79. The van der Waals surface area contributed by atoms with E-state index in [1.54, 1.807) is 13.0 Å². The van der Waals surface area contributed by atoms with Crippen molar-refractivity contribution in [2.24, 2.45) is 0 Å². The predicted octanol–water partition coefficient (Wildman–Crippen LogP) is 3.52. The molecule has 0 rings (SSSR count). The first-order chi connectivity index (χ1) is 12.6. The maximum atomic E-state index is 8.75. The Bertz CT molecular complexity index is 315. The molecular formula is C22H44O5. The molecule has 0 aromatic rings. The third-order valence-corrected chi connectivity index (χ3v) is 3.09. The molecular weight excluding hydrogens is 344 g/mol. The van der Waals surface area contributed by atoms with Gasteiger partial charge in [-0.05, 0) is 26.2 Å². The Hall–Kier alpha value is -1.24. The molecule has 0 fully saturated rings. The fourth-order valence-corrected chi connectivity index (χ4v) is 1.19. The minimum atomic E-state index is -0.560. The highest BCUT2D eigenvalue weighted by Gasteiger charge is 2.01. The second-order valence-corrected chi connectivity index (χ2v) is 5.90. The number of rotatable bonds is 10. The van der Waals surface area contributed by atoms with E-state index in [1.807, 2.05) is 20.8 Å². The third-order valence-electron chi connectivity index (χ3n) is 3.09. The molecule has 162 valence electrons. The van der Waals surface area contributed by atoms with Gasteiger partial charge in [0.2, 0.25) is 0 Å². The number of hydrogen-bond acceptors (Lipinski definition) is 5. The van der Waals surface area contributed by atoms with Gasteiger partial charge in [0.15, 0.2) is 0 Å². The Morgan fingerprint density at radius 3 is 1.04 bits per heavy atom. The van der Waals surface area contributed by atoms with Crippen LogP contribution in [0, 0.1) is 0 Å². The lowest BCUT2D eigenvalue weighted by Gasteiger charge is -2.05. The summed E-state index contributed by atoms with van der Waals surface area (Å²) in [5, 5.41) is 43.2. The molecule has 0 spiro atoms. The predicted molar refractivity (Wildman–Crippen MR) is 117 cm³/mol. The maximum Gasteiger partial charge on any atom is 0.0742 e. The van der Waals surface area contributed by atoms with Crippen LogP contribution in [0.5, 0.6) is 0 Å². The van der Waals surface area contributed by atoms with E-state index < -0.39 is 12.2 Å². The molecule has 0 saturated carbocycles. The zero-order valence-corrected chi connectivity index (χ0v) is 17.8. The van der Waals surface area contributed by atoms with Gasteiger partial charge in [0.1, 0.15) is 0 Å². The molecule has 0 amide bonds. The summed E-state index contributed by atoms with van der Waals surface area (Å²) in [6, 6.07) is 0. The van der Waals surface area contributed by atoms with E-state index in [1.165, 1.54) is 18.2 Å². The van der Waals surface area contributed by atoms with Crippen LogP contribution in [-0.4, -0.2) is 56.1 Å². The molecule has 27 heavy (non-hydrogen) atoms. The van der Waals surface area contributed by atoms with Gasteiger partial charge in [0, 0.05) is 6.42 Å². The molecule has 0 heterocycles. The molecule has 5 heteroatoms. The van der Waals surface area contributed by atoms with Crippen LogP contribution in [0.4, 0.5) is 0 Å². The Balaban J connectivity index is -0.000000132. The van der Waals surface area contributed by atoms with E-state index in [4.69, 9.17) is 25.5 Å².